The fourth-order valence-electron chi connectivity index (χ4n) is 3.33. The van der Waals surface area contributed by atoms with Crippen LogP contribution in [0, 0.1) is 0 Å². The van der Waals surface area contributed by atoms with Gasteiger partial charge in [-0.2, -0.15) is 5.10 Å². The minimum atomic E-state index is 0.324. The van der Waals surface area contributed by atoms with Gasteiger partial charge in [0.25, 0.3) is 0 Å². The first-order chi connectivity index (χ1) is 11.6. The van der Waals surface area contributed by atoms with Gasteiger partial charge in [-0.15, -0.1) is 0 Å². The van der Waals surface area contributed by atoms with Crippen LogP contribution in [0.25, 0.3) is 11.1 Å². The van der Waals surface area contributed by atoms with Crippen molar-refractivity contribution in [3.05, 3.63) is 35.1 Å². The molecular formula is C18H24ClN3O2. The van der Waals surface area contributed by atoms with Crippen molar-refractivity contribution in [2.75, 3.05) is 27.3 Å². The Hall–Kier alpha value is -1.56. The first kappa shape index (κ1) is 17.3. The van der Waals surface area contributed by atoms with Gasteiger partial charge in [0.05, 0.1) is 24.4 Å². The van der Waals surface area contributed by atoms with E-state index in [1.54, 1.807) is 18.9 Å². The Labute approximate surface area is 148 Å². The average molecular weight is 350 g/mol. The van der Waals surface area contributed by atoms with Crippen molar-refractivity contribution in [3.8, 4) is 16.9 Å². The lowest BCUT2D eigenvalue weighted by atomic mass is 10.0. The van der Waals surface area contributed by atoms with E-state index < -0.39 is 0 Å². The molecule has 24 heavy (non-hydrogen) atoms. The molecule has 1 saturated heterocycles. The zero-order chi connectivity index (χ0) is 17.1. The molecule has 0 aliphatic carbocycles. The molecule has 0 amide bonds. The molecule has 0 radical (unpaired) electrons. The SMILES string of the molecule is COc1c(Cl)cc(CN2CCCC(OC)C2)cc1-c1cnn(C)c1. The first-order valence-corrected chi connectivity index (χ1v) is 8.59. The summed E-state index contributed by atoms with van der Waals surface area (Å²) in [5.74, 6) is 0.696. The molecule has 3 rings (SSSR count). The Morgan fingerprint density at radius 1 is 1.33 bits per heavy atom. The van der Waals surface area contributed by atoms with Crippen LogP contribution in [-0.2, 0) is 18.3 Å². The lowest BCUT2D eigenvalue weighted by Gasteiger charge is -2.32. The number of likely N-dealkylation sites (tertiary alicyclic amines) is 1. The summed E-state index contributed by atoms with van der Waals surface area (Å²) >= 11 is 6.47. The van der Waals surface area contributed by atoms with Gasteiger partial charge < -0.3 is 9.47 Å². The van der Waals surface area contributed by atoms with Crippen LogP contribution in [0.2, 0.25) is 5.02 Å². The lowest BCUT2D eigenvalue weighted by Crippen LogP contribution is -2.38. The van der Waals surface area contributed by atoms with E-state index in [1.807, 2.05) is 25.5 Å². The molecule has 0 N–H and O–H groups in total. The summed E-state index contributed by atoms with van der Waals surface area (Å²) in [4.78, 5) is 2.42. The van der Waals surface area contributed by atoms with Crippen molar-refractivity contribution >= 4 is 11.6 Å². The predicted octanol–water partition coefficient (Wildman–Crippen LogP) is 3.36. The zero-order valence-corrected chi connectivity index (χ0v) is 15.2. The molecule has 1 unspecified atom stereocenters. The first-order valence-electron chi connectivity index (χ1n) is 8.21. The Morgan fingerprint density at radius 2 is 2.17 bits per heavy atom. The summed E-state index contributed by atoms with van der Waals surface area (Å²) in [5, 5.41) is 4.89. The molecule has 1 fully saturated rings. The van der Waals surface area contributed by atoms with Crippen molar-refractivity contribution in [2.45, 2.75) is 25.5 Å². The number of piperidine rings is 1. The van der Waals surface area contributed by atoms with Crippen molar-refractivity contribution < 1.29 is 9.47 Å². The quantitative estimate of drug-likeness (QED) is 0.829. The standard InChI is InChI=1S/C18H24ClN3O2/c1-21-11-14(9-20-21)16-7-13(8-17(19)18(16)24-3)10-22-6-4-5-15(12-22)23-2/h7-9,11,15H,4-6,10,12H2,1-3H3. The zero-order valence-electron chi connectivity index (χ0n) is 14.5. The number of rotatable bonds is 5. The summed E-state index contributed by atoms with van der Waals surface area (Å²) in [6.45, 7) is 2.91. The second-order valence-corrected chi connectivity index (χ2v) is 6.70. The smallest absolute Gasteiger partial charge is 0.145 e. The Balaban J connectivity index is 1.87. The van der Waals surface area contributed by atoms with Crippen molar-refractivity contribution in [1.82, 2.24) is 14.7 Å². The number of aromatic nitrogens is 2. The van der Waals surface area contributed by atoms with Gasteiger partial charge in [-0.05, 0) is 37.1 Å². The number of aryl methyl sites for hydroxylation is 1. The number of benzene rings is 1. The van der Waals surface area contributed by atoms with Crippen LogP contribution >= 0.6 is 11.6 Å². The number of ether oxygens (including phenoxy) is 2. The maximum Gasteiger partial charge on any atom is 0.145 e. The fraction of sp³-hybridized carbons (Fsp3) is 0.500. The number of nitrogens with zero attached hydrogens (tertiary/aromatic N) is 3. The Morgan fingerprint density at radius 3 is 2.83 bits per heavy atom. The third kappa shape index (κ3) is 3.74. The van der Waals surface area contributed by atoms with Crippen molar-refractivity contribution in [1.29, 1.82) is 0 Å². The summed E-state index contributed by atoms with van der Waals surface area (Å²) in [7, 11) is 5.34. The molecule has 0 spiro atoms. The van der Waals surface area contributed by atoms with Gasteiger partial charge in [0.1, 0.15) is 5.75 Å². The van der Waals surface area contributed by atoms with Gasteiger partial charge >= 0.3 is 0 Å². The molecule has 1 aliphatic heterocycles. The predicted molar refractivity (Wildman–Crippen MR) is 95.5 cm³/mol. The highest BCUT2D eigenvalue weighted by molar-refractivity contribution is 6.32. The van der Waals surface area contributed by atoms with Crippen LogP contribution in [0.15, 0.2) is 24.5 Å². The van der Waals surface area contributed by atoms with E-state index in [9.17, 15) is 0 Å². The van der Waals surface area contributed by atoms with E-state index in [0.717, 1.165) is 43.6 Å². The van der Waals surface area contributed by atoms with Crippen LogP contribution < -0.4 is 4.74 Å². The highest BCUT2D eigenvalue weighted by Crippen LogP contribution is 2.37. The van der Waals surface area contributed by atoms with Gasteiger partial charge in [-0.25, -0.2) is 0 Å². The van der Waals surface area contributed by atoms with Gasteiger partial charge in [-0.1, -0.05) is 11.6 Å². The Bertz CT molecular complexity index is 702. The third-order valence-electron chi connectivity index (χ3n) is 4.53. The summed E-state index contributed by atoms with van der Waals surface area (Å²) in [6.07, 6.45) is 6.43. The van der Waals surface area contributed by atoms with Gasteiger partial charge in [-0.3, -0.25) is 9.58 Å². The molecular weight excluding hydrogens is 326 g/mol. The summed E-state index contributed by atoms with van der Waals surface area (Å²) in [6, 6.07) is 4.15. The number of halogens is 1. The molecule has 1 aliphatic rings. The van der Waals surface area contributed by atoms with E-state index in [0.29, 0.717) is 16.9 Å². The highest BCUT2D eigenvalue weighted by atomic mass is 35.5. The van der Waals surface area contributed by atoms with Crippen LogP contribution in [0.1, 0.15) is 18.4 Å². The van der Waals surface area contributed by atoms with Crippen LogP contribution in [-0.4, -0.2) is 48.1 Å². The minimum Gasteiger partial charge on any atom is -0.495 e. The normalized spacial score (nSPS) is 18.8. The van der Waals surface area contributed by atoms with Gasteiger partial charge in [0.15, 0.2) is 0 Å². The molecule has 1 atom stereocenters. The maximum atomic E-state index is 6.47. The Kier molecular flexibility index (Phi) is 5.43. The maximum absolute atomic E-state index is 6.47. The van der Waals surface area contributed by atoms with E-state index in [4.69, 9.17) is 21.1 Å². The van der Waals surface area contributed by atoms with Crippen LogP contribution in [0.5, 0.6) is 5.75 Å². The topological polar surface area (TPSA) is 39.5 Å². The van der Waals surface area contributed by atoms with Crippen LogP contribution in [0.4, 0.5) is 0 Å². The third-order valence-corrected chi connectivity index (χ3v) is 4.81. The van der Waals surface area contributed by atoms with Crippen molar-refractivity contribution in [2.24, 2.45) is 7.05 Å². The minimum absolute atomic E-state index is 0.324. The highest BCUT2D eigenvalue weighted by Gasteiger charge is 2.21. The molecule has 6 heteroatoms. The monoisotopic (exact) mass is 349 g/mol. The summed E-state index contributed by atoms with van der Waals surface area (Å²) < 4.78 is 12.8. The average Bonchev–Trinajstić information content (AvgIpc) is 3.01. The fourth-order valence-corrected chi connectivity index (χ4v) is 3.65. The van der Waals surface area contributed by atoms with Crippen LogP contribution in [0.3, 0.4) is 0 Å². The number of hydrogen-bond donors (Lipinski definition) is 0. The second-order valence-electron chi connectivity index (χ2n) is 6.30. The second kappa shape index (κ2) is 7.55. The molecule has 2 heterocycles. The number of methoxy groups -OCH3 is 2. The number of hydrogen-bond acceptors (Lipinski definition) is 4. The van der Waals surface area contributed by atoms with Crippen molar-refractivity contribution in [3.63, 3.8) is 0 Å². The van der Waals surface area contributed by atoms with E-state index in [1.165, 1.54) is 5.56 Å². The van der Waals surface area contributed by atoms with Gasteiger partial charge in [0, 0.05) is 44.6 Å². The molecule has 130 valence electrons. The summed E-state index contributed by atoms with van der Waals surface area (Å²) in [5.41, 5.74) is 3.16. The molecule has 1 aromatic heterocycles. The van der Waals surface area contributed by atoms with E-state index >= 15 is 0 Å². The molecule has 0 bridgehead atoms. The lowest BCUT2D eigenvalue weighted by molar-refractivity contribution is 0.0285. The van der Waals surface area contributed by atoms with E-state index in [-0.39, 0.29) is 0 Å². The van der Waals surface area contributed by atoms with Gasteiger partial charge in [0.2, 0.25) is 0 Å². The molecule has 0 saturated carbocycles. The molecule has 2 aromatic rings. The largest absolute Gasteiger partial charge is 0.495 e. The molecule has 1 aromatic carbocycles. The van der Waals surface area contributed by atoms with E-state index in [2.05, 4.69) is 16.1 Å². The molecule has 5 nitrogen and oxygen atoms in total.